The maximum absolute atomic E-state index is 12.7. The van der Waals surface area contributed by atoms with Gasteiger partial charge in [-0.25, -0.2) is 0 Å². The van der Waals surface area contributed by atoms with E-state index in [1.807, 2.05) is 28.0 Å². The predicted molar refractivity (Wildman–Crippen MR) is 103 cm³/mol. The van der Waals surface area contributed by atoms with Gasteiger partial charge in [0.2, 0.25) is 11.8 Å². The molecule has 0 spiro atoms. The van der Waals surface area contributed by atoms with E-state index in [2.05, 4.69) is 24.4 Å². The quantitative estimate of drug-likeness (QED) is 0.878. The van der Waals surface area contributed by atoms with Crippen molar-refractivity contribution in [1.82, 2.24) is 15.1 Å². The molecule has 2 amide bonds. The number of piperidine rings is 1. The standard InChI is InChI=1S/C21H31N3O2/c1-17-16-19(10-11-22-17)21(26)24-14-12-23(13-15-24)20(25)9-5-8-18-6-3-2-4-7-18/h2-4,6-7,17,19,22H,5,8-16H2,1H3/t17-,19-/m0/s1. The molecular weight excluding hydrogens is 326 g/mol. The molecule has 3 rings (SSSR count). The number of carbonyl (C=O) groups excluding carboxylic acids is 2. The second-order valence-electron chi connectivity index (χ2n) is 7.62. The lowest BCUT2D eigenvalue weighted by Crippen LogP contribution is -2.53. The highest BCUT2D eigenvalue weighted by molar-refractivity contribution is 5.80. The van der Waals surface area contributed by atoms with Crippen LogP contribution in [-0.2, 0) is 16.0 Å². The Morgan fingerprint density at radius 3 is 2.46 bits per heavy atom. The Morgan fingerprint density at radius 2 is 1.77 bits per heavy atom. The normalized spacial score (nSPS) is 23.7. The Morgan fingerprint density at radius 1 is 1.08 bits per heavy atom. The van der Waals surface area contributed by atoms with Crippen molar-refractivity contribution in [2.45, 2.75) is 45.1 Å². The van der Waals surface area contributed by atoms with Gasteiger partial charge in [0.05, 0.1) is 0 Å². The molecule has 2 aliphatic rings. The number of rotatable bonds is 5. The molecule has 0 saturated carbocycles. The predicted octanol–water partition coefficient (Wildman–Crippen LogP) is 2.07. The molecule has 0 bridgehead atoms. The average molecular weight is 357 g/mol. The van der Waals surface area contributed by atoms with E-state index < -0.39 is 0 Å². The minimum absolute atomic E-state index is 0.152. The van der Waals surface area contributed by atoms with Crippen LogP contribution in [0.3, 0.4) is 0 Å². The fraction of sp³-hybridized carbons (Fsp3) is 0.619. The van der Waals surface area contributed by atoms with Crippen molar-refractivity contribution in [3.8, 4) is 0 Å². The maximum Gasteiger partial charge on any atom is 0.225 e. The zero-order valence-electron chi connectivity index (χ0n) is 15.8. The van der Waals surface area contributed by atoms with Gasteiger partial charge in [-0.1, -0.05) is 30.3 Å². The minimum Gasteiger partial charge on any atom is -0.339 e. The lowest BCUT2D eigenvalue weighted by molar-refractivity contribution is -0.143. The van der Waals surface area contributed by atoms with Crippen LogP contribution in [0.15, 0.2) is 30.3 Å². The second-order valence-corrected chi connectivity index (χ2v) is 7.62. The second kappa shape index (κ2) is 9.17. The van der Waals surface area contributed by atoms with Crippen LogP contribution in [0, 0.1) is 5.92 Å². The van der Waals surface area contributed by atoms with E-state index >= 15 is 0 Å². The maximum atomic E-state index is 12.7. The highest BCUT2D eigenvalue weighted by Gasteiger charge is 2.31. The summed E-state index contributed by atoms with van der Waals surface area (Å²) in [5.41, 5.74) is 1.28. The number of carbonyl (C=O) groups is 2. The number of hydrogen-bond donors (Lipinski definition) is 1. The van der Waals surface area contributed by atoms with Crippen molar-refractivity contribution in [3.05, 3.63) is 35.9 Å². The van der Waals surface area contributed by atoms with Gasteiger partial charge in [-0.05, 0) is 44.7 Å². The minimum atomic E-state index is 0.152. The van der Waals surface area contributed by atoms with Crippen molar-refractivity contribution >= 4 is 11.8 Å². The number of piperazine rings is 1. The first-order chi connectivity index (χ1) is 12.6. The summed E-state index contributed by atoms with van der Waals surface area (Å²) in [7, 11) is 0. The third-order valence-electron chi connectivity index (χ3n) is 5.62. The van der Waals surface area contributed by atoms with Gasteiger partial charge in [0.1, 0.15) is 0 Å². The number of nitrogens with one attached hydrogen (secondary N) is 1. The first-order valence-corrected chi connectivity index (χ1v) is 9.97. The van der Waals surface area contributed by atoms with Crippen molar-refractivity contribution in [3.63, 3.8) is 0 Å². The number of benzene rings is 1. The first kappa shape index (κ1) is 18.9. The molecule has 5 nitrogen and oxygen atoms in total. The fourth-order valence-electron chi connectivity index (χ4n) is 4.04. The van der Waals surface area contributed by atoms with Gasteiger partial charge < -0.3 is 15.1 Å². The molecule has 26 heavy (non-hydrogen) atoms. The fourth-order valence-corrected chi connectivity index (χ4v) is 4.04. The number of aryl methyl sites for hydroxylation is 1. The van der Waals surface area contributed by atoms with E-state index in [0.29, 0.717) is 38.6 Å². The van der Waals surface area contributed by atoms with Crippen LogP contribution in [0.2, 0.25) is 0 Å². The van der Waals surface area contributed by atoms with Gasteiger partial charge in [-0.2, -0.15) is 0 Å². The first-order valence-electron chi connectivity index (χ1n) is 9.97. The Hall–Kier alpha value is -1.88. The van der Waals surface area contributed by atoms with Crippen LogP contribution in [0.4, 0.5) is 0 Å². The molecule has 1 N–H and O–H groups in total. The summed E-state index contributed by atoms with van der Waals surface area (Å²) in [6.07, 6.45) is 4.28. The van der Waals surface area contributed by atoms with E-state index in [9.17, 15) is 9.59 Å². The smallest absolute Gasteiger partial charge is 0.225 e. The third-order valence-corrected chi connectivity index (χ3v) is 5.62. The van der Waals surface area contributed by atoms with E-state index in [1.54, 1.807) is 0 Å². The molecule has 2 heterocycles. The van der Waals surface area contributed by atoms with E-state index in [4.69, 9.17) is 0 Å². The summed E-state index contributed by atoms with van der Waals surface area (Å²) < 4.78 is 0. The van der Waals surface area contributed by atoms with Gasteiger partial charge in [-0.3, -0.25) is 9.59 Å². The van der Waals surface area contributed by atoms with Crippen LogP contribution >= 0.6 is 0 Å². The summed E-state index contributed by atoms with van der Waals surface area (Å²) in [5.74, 6) is 0.664. The summed E-state index contributed by atoms with van der Waals surface area (Å²) in [5, 5.41) is 3.40. The summed E-state index contributed by atoms with van der Waals surface area (Å²) in [6.45, 7) is 5.79. The Balaban J connectivity index is 1.38. The average Bonchev–Trinajstić information content (AvgIpc) is 2.68. The van der Waals surface area contributed by atoms with Crippen molar-refractivity contribution in [2.24, 2.45) is 5.92 Å². The SMILES string of the molecule is C[C@H]1C[C@@H](C(=O)N2CCN(C(=O)CCCc3ccccc3)CC2)CCN1. The van der Waals surface area contributed by atoms with Crippen LogP contribution in [-0.4, -0.2) is 60.4 Å². The molecule has 0 unspecified atom stereocenters. The molecule has 2 saturated heterocycles. The van der Waals surface area contributed by atoms with Gasteiger partial charge in [-0.15, -0.1) is 0 Å². The molecule has 1 aromatic carbocycles. The third kappa shape index (κ3) is 5.07. The van der Waals surface area contributed by atoms with Crippen molar-refractivity contribution in [2.75, 3.05) is 32.7 Å². The summed E-state index contributed by atoms with van der Waals surface area (Å²) in [4.78, 5) is 29.0. The molecule has 5 heteroatoms. The monoisotopic (exact) mass is 357 g/mol. The number of nitrogens with zero attached hydrogens (tertiary/aromatic N) is 2. The lowest BCUT2D eigenvalue weighted by atomic mass is 9.92. The molecule has 142 valence electrons. The van der Waals surface area contributed by atoms with Crippen LogP contribution < -0.4 is 5.32 Å². The van der Waals surface area contributed by atoms with Crippen molar-refractivity contribution < 1.29 is 9.59 Å². The molecular formula is C21H31N3O2. The van der Waals surface area contributed by atoms with Crippen LogP contribution in [0.1, 0.15) is 38.2 Å². The highest BCUT2D eigenvalue weighted by atomic mass is 16.2. The highest BCUT2D eigenvalue weighted by Crippen LogP contribution is 2.20. The topological polar surface area (TPSA) is 52.7 Å². The molecule has 2 atom stereocenters. The number of amides is 2. The lowest BCUT2D eigenvalue weighted by Gasteiger charge is -2.38. The Labute approximate surface area is 156 Å². The molecule has 0 aliphatic carbocycles. The van der Waals surface area contributed by atoms with E-state index in [0.717, 1.165) is 32.2 Å². The number of hydrogen-bond acceptors (Lipinski definition) is 3. The van der Waals surface area contributed by atoms with E-state index in [-0.39, 0.29) is 17.7 Å². The molecule has 0 aromatic heterocycles. The molecule has 1 aromatic rings. The van der Waals surface area contributed by atoms with Crippen molar-refractivity contribution in [1.29, 1.82) is 0 Å². The summed E-state index contributed by atoms with van der Waals surface area (Å²) in [6, 6.07) is 10.7. The molecule has 2 fully saturated rings. The van der Waals surface area contributed by atoms with Gasteiger partial charge in [0, 0.05) is 44.6 Å². The largest absolute Gasteiger partial charge is 0.339 e. The van der Waals surface area contributed by atoms with Gasteiger partial charge >= 0.3 is 0 Å². The van der Waals surface area contributed by atoms with Crippen LogP contribution in [0.25, 0.3) is 0 Å². The zero-order chi connectivity index (χ0) is 18.4. The van der Waals surface area contributed by atoms with Gasteiger partial charge in [0.15, 0.2) is 0 Å². The molecule has 0 radical (unpaired) electrons. The Bertz CT molecular complexity index is 597. The molecule has 2 aliphatic heterocycles. The summed E-state index contributed by atoms with van der Waals surface area (Å²) >= 11 is 0. The van der Waals surface area contributed by atoms with Gasteiger partial charge in [0.25, 0.3) is 0 Å². The zero-order valence-corrected chi connectivity index (χ0v) is 15.8. The Kier molecular flexibility index (Phi) is 6.67. The van der Waals surface area contributed by atoms with E-state index in [1.165, 1.54) is 5.56 Å². The van der Waals surface area contributed by atoms with Crippen LogP contribution in [0.5, 0.6) is 0 Å².